The van der Waals surface area contributed by atoms with Crippen LogP contribution in [0.25, 0.3) is 0 Å². The summed E-state index contributed by atoms with van der Waals surface area (Å²) >= 11 is 0. The highest BCUT2D eigenvalue weighted by atomic mass is 127. The zero-order valence-electron chi connectivity index (χ0n) is 20.2. The molecule has 1 saturated carbocycles. The van der Waals surface area contributed by atoms with E-state index in [2.05, 4.69) is 41.5 Å². The number of hydrogen-bond acceptors (Lipinski definition) is 4. The molecule has 0 radical (unpaired) electrons. The van der Waals surface area contributed by atoms with E-state index >= 15 is 0 Å². The van der Waals surface area contributed by atoms with Crippen LogP contribution in [0.3, 0.4) is 0 Å². The lowest BCUT2D eigenvalue weighted by Crippen LogP contribution is -2.41. The van der Waals surface area contributed by atoms with Crippen molar-refractivity contribution in [3.63, 3.8) is 0 Å². The van der Waals surface area contributed by atoms with Crippen molar-refractivity contribution in [2.24, 2.45) is 16.3 Å². The van der Waals surface area contributed by atoms with E-state index in [1.54, 1.807) is 7.11 Å². The summed E-state index contributed by atoms with van der Waals surface area (Å²) in [5.41, 5.74) is 1.52. The molecule has 0 amide bonds. The van der Waals surface area contributed by atoms with E-state index in [0.717, 1.165) is 64.1 Å². The van der Waals surface area contributed by atoms with Crippen molar-refractivity contribution >= 4 is 35.6 Å². The summed E-state index contributed by atoms with van der Waals surface area (Å²) < 4.78 is 11.2. The van der Waals surface area contributed by atoms with Crippen LogP contribution in [0.4, 0.5) is 5.69 Å². The number of nitrogens with one attached hydrogen (secondary N) is 2. The van der Waals surface area contributed by atoms with Gasteiger partial charge in [0, 0.05) is 45.9 Å². The van der Waals surface area contributed by atoms with Gasteiger partial charge in [0.2, 0.25) is 0 Å². The Balaban J connectivity index is 0.00000363. The van der Waals surface area contributed by atoms with E-state index in [9.17, 15) is 0 Å². The van der Waals surface area contributed by atoms with Gasteiger partial charge in [-0.1, -0.05) is 25.0 Å². The van der Waals surface area contributed by atoms with E-state index in [1.165, 1.54) is 37.8 Å². The molecule has 1 aromatic rings. The van der Waals surface area contributed by atoms with Crippen LogP contribution in [0.1, 0.15) is 52.4 Å². The van der Waals surface area contributed by atoms with Crippen LogP contribution in [-0.2, 0) is 4.74 Å². The lowest BCUT2D eigenvalue weighted by atomic mass is 9.83. The largest absolute Gasteiger partial charge is 0.495 e. The van der Waals surface area contributed by atoms with E-state index in [0.29, 0.717) is 11.3 Å². The SMILES string of the molecule is CCNC(=NCC1(CCOCC)CCCC1)NCC1CCN(c2ccccc2OC)C1.I. The maximum absolute atomic E-state index is 5.66. The van der Waals surface area contributed by atoms with Crippen molar-refractivity contribution in [1.29, 1.82) is 0 Å². The maximum atomic E-state index is 5.66. The summed E-state index contributed by atoms with van der Waals surface area (Å²) in [6.45, 7) is 10.7. The van der Waals surface area contributed by atoms with E-state index in [4.69, 9.17) is 14.5 Å². The molecule has 1 atom stereocenters. The molecule has 1 heterocycles. The number of methoxy groups -OCH3 is 1. The average Bonchev–Trinajstić information content (AvgIpc) is 3.46. The van der Waals surface area contributed by atoms with Crippen molar-refractivity contribution in [2.45, 2.75) is 52.4 Å². The highest BCUT2D eigenvalue weighted by molar-refractivity contribution is 14.0. The molecule has 3 rings (SSSR count). The highest BCUT2D eigenvalue weighted by Gasteiger charge is 2.33. The number of nitrogens with zero attached hydrogens (tertiary/aromatic N) is 2. The predicted molar refractivity (Wildman–Crippen MR) is 145 cm³/mol. The van der Waals surface area contributed by atoms with Crippen LogP contribution < -0.4 is 20.3 Å². The zero-order chi connectivity index (χ0) is 21.9. The zero-order valence-corrected chi connectivity index (χ0v) is 22.5. The van der Waals surface area contributed by atoms with Gasteiger partial charge in [-0.15, -0.1) is 24.0 Å². The van der Waals surface area contributed by atoms with Crippen LogP contribution >= 0.6 is 24.0 Å². The Kier molecular flexibility index (Phi) is 11.9. The standard InChI is InChI=1S/C25H42N4O2.HI/c1-4-26-24(28-20-25(13-8-9-14-25)15-17-31-5-2)27-18-21-12-16-29(19-21)22-10-6-7-11-23(22)30-3;/h6-7,10-11,21H,4-5,8-9,12-20H2,1-3H3,(H2,26,27,28);1H. The summed E-state index contributed by atoms with van der Waals surface area (Å²) in [5, 5.41) is 7.07. The summed E-state index contributed by atoms with van der Waals surface area (Å²) in [6.07, 6.45) is 7.51. The second-order valence-corrected chi connectivity index (χ2v) is 9.00. The molecule has 182 valence electrons. The Morgan fingerprint density at radius 1 is 1.19 bits per heavy atom. The minimum absolute atomic E-state index is 0. The molecule has 0 spiro atoms. The lowest BCUT2D eigenvalue weighted by molar-refractivity contribution is 0.107. The van der Waals surface area contributed by atoms with Crippen molar-refractivity contribution in [3.8, 4) is 5.75 Å². The third-order valence-electron chi connectivity index (χ3n) is 6.83. The Morgan fingerprint density at radius 2 is 1.97 bits per heavy atom. The van der Waals surface area contributed by atoms with E-state index < -0.39 is 0 Å². The molecule has 0 aromatic heterocycles. The first-order valence-electron chi connectivity index (χ1n) is 12.2. The minimum Gasteiger partial charge on any atom is -0.495 e. The monoisotopic (exact) mass is 558 g/mol. The van der Waals surface area contributed by atoms with Gasteiger partial charge < -0.3 is 25.0 Å². The van der Waals surface area contributed by atoms with Gasteiger partial charge in [-0.2, -0.15) is 0 Å². The Hall–Kier alpha value is -1.22. The van der Waals surface area contributed by atoms with Crippen LogP contribution in [0.15, 0.2) is 29.3 Å². The van der Waals surface area contributed by atoms with Gasteiger partial charge in [0.05, 0.1) is 12.8 Å². The van der Waals surface area contributed by atoms with Crippen molar-refractivity contribution in [2.75, 3.05) is 57.9 Å². The Labute approximate surface area is 211 Å². The first-order valence-corrected chi connectivity index (χ1v) is 12.2. The second kappa shape index (κ2) is 14.1. The van der Waals surface area contributed by atoms with Gasteiger partial charge >= 0.3 is 0 Å². The van der Waals surface area contributed by atoms with Crippen LogP contribution in [0, 0.1) is 11.3 Å². The Bertz CT molecular complexity index is 694. The van der Waals surface area contributed by atoms with Gasteiger partial charge in [0.25, 0.3) is 0 Å². The third-order valence-corrected chi connectivity index (χ3v) is 6.83. The summed E-state index contributed by atoms with van der Waals surface area (Å²) in [7, 11) is 1.75. The molecule has 1 saturated heterocycles. The topological polar surface area (TPSA) is 58.1 Å². The molecule has 2 N–H and O–H groups in total. The smallest absolute Gasteiger partial charge is 0.191 e. The molecular weight excluding hydrogens is 515 g/mol. The highest BCUT2D eigenvalue weighted by Crippen LogP contribution is 2.41. The minimum atomic E-state index is 0. The molecule has 7 heteroatoms. The van der Waals surface area contributed by atoms with Gasteiger partial charge in [-0.3, -0.25) is 4.99 Å². The fourth-order valence-electron chi connectivity index (χ4n) is 4.98. The molecule has 32 heavy (non-hydrogen) atoms. The number of halogens is 1. The molecule has 2 fully saturated rings. The lowest BCUT2D eigenvalue weighted by Gasteiger charge is -2.27. The van der Waals surface area contributed by atoms with Crippen LogP contribution in [-0.4, -0.2) is 59.0 Å². The van der Waals surface area contributed by atoms with Crippen molar-refractivity contribution < 1.29 is 9.47 Å². The number of para-hydroxylation sites is 2. The second-order valence-electron chi connectivity index (χ2n) is 9.00. The van der Waals surface area contributed by atoms with Crippen LogP contribution in [0.2, 0.25) is 0 Å². The molecule has 1 aromatic carbocycles. The number of guanidine groups is 1. The number of rotatable bonds is 11. The fraction of sp³-hybridized carbons (Fsp3) is 0.720. The molecule has 6 nitrogen and oxygen atoms in total. The first-order chi connectivity index (χ1) is 15.2. The summed E-state index contributed by atoms with van der Waals surface area (Å²) in [4.78, 5) is 7.46. The molecule has 1 aliphatic carbocycles. The van der Waals surface area contributed by atoms with E-state index in [1.807, 2.05) is 12.1 Å². The Morgan fingerprint density at radius 3 is 2.69 bits per heavy atom. The number of hydrogen-bond donors (Lipinski definition) is 2. The van der Waals surface area contributed by atoms with Crippen molar-refractivity contribution in [3.05, 3.63) is 24.3 Å². The average molecular weight is 559 g/mol. The number of ether oxygens (including phenoxy) is 2. The maximum Gasteiger partial charge on any atom is 0.191 e. The normalized spacial score (nSPS) is 20.2. The summed E-state index contributed by atoms with van der Waals surface area (Å²) in [5.74, 6) is 2.52. The van der Waals surface area contributed by atoms with Gasteiger partial charge in [-0.25, -0.2) is 0 Å². The first kappa shape index (κ1) is 27.0. The number of anilines is 1. The molecule has 2 aliphatic rings. The van der Waals surface area contributed by atoms with Gasteiger partial charge in [0.1, 0.15) is 5.75 Å². The van der Waals surface area contributed by atoms with E-state index in [-0.39, 0.29) is 24.0 Å². The molecule has 1 unspecified atom stereocenters. The molecule has 0 bridgehead atoms. The van der Waals surface area contributed by atoms with Crippen molar-refractivity contribution in [1.82, 2.24) is 10.6 Å². The summed E-state index contributed by atoms with van der Waals surface area (Å²) in [6, 6.07) is 8.32. The quantitative estimate of drug-likeness (QED) is 0.179. The number of benzene rings is 1. The molecular formula is C25H43IN4O2. The van der Waals surface area contributed by atoms with Gasteiger partial charge in [0.15, 0.2) is 5.96 Å². The predicted octanol–water partition coefficient (Wildman–Crippen LogP) is 4.68. The van der Waals surface area contributed by atoms with Gasteiger partial charge in [-0.05, 0) is 63.0 Å². The van der Waals surface area contributed by atoms with Crippen LogP contribution in [0.5, 0.6) is 5.75 Å². The third kappa shape index (κ3) is 7.68. The fourth-order valence-corrected chi connectivity index (χ4v) is 4.98. The molecule has 1 aliphatic heterocycles. The number of aliphatic imine (C=N–C) groups is 1.